The van der Waals surface area contributed by atoms with Gasteiger partial charge in [-0.3, -0.25) is 4.79 Å². The highest BCUT2D eigenvalue weighted by molar-refractivity contribution is 5.79. The highest BCUT2D eigenvalue weighted by atomic mass is 16.5. The van der Waals surface area contributed by atoms with E-state index in [-0.39, 0.29) is 18.4 Å². The van der Waals surface area contributed by atoms with E-state index in [2.05, 4.69) is 5.32 Å². The topological polar surface area (TPSA) is 88.1 Å². The number of hydrogen-bond donors (Lipinski definition) is 2. The summed E-state index contributed by atoms with van der Waals surface area (Å²) in [6.45, 7) is 1.52. The Morgan fingerprint density at radius 2 is 1.93 bits per heavy atom. The van der Waals surface area contributed by atoms with Gasteiger partial charge in [-0.15, -0.1) is 0 Å². The van der Waals surface area contributed by atoms with Gasteiger partial charge >= 0.3 is 6.09 Å². The predicted octanol–water partition coefficient (Wildman–Crippen LogP) is 3.28. The van der Waals surface area contributed by atoms with E-state index >= 15 is 0 Å². The molecule has 0 aromatic heterocycles. The molecule has 1 aliphatic rings. The fourth-order valence-electron chi connectivity index (χ4n) is 3.37. The van der Waals surface area contributed by atoms with Crippen molar-refractivity contribution >= 4 is 12.0 Å². The minimum absolute atomic E-state index is 0.126. The number of carbonyl (C=O) groups excluding carboxylic acids is 1. The Bertz CT molecular complexity index is 840. The SMILES string of the molecule is COc1cc(CNC(=O)[C@H]2CCCN(C(=O)O)C2)ccc1OCc1ccccc1. The minimum Gasteiger partial charge on any atom is -0.493 e. The average Bonchev–Trinajstić information content (AvgIpc) is 2.77. The molecule has 1 heterocycles. The maximum absolute atomic E-state index is 12.4. The number of amides is 2. The molecule has 2 N–H and O–H groups in total. The molecule has 7 heteroatoms. The molecule has 0 bridgehead atoms. The molecule has 0 saturated carbocycles. The summed E-state index contributed by atoms with van der Waals surface area (Å²) >= 11 is 0. The van der Waals surface area contributed by atoms with Gasteiger partial charge in [-0.25, -0.2) is 4.79 Å². The normalized spacial score (nSPS) is 16.2. The standard InChI is InChI=1S/C22H26N2O5/c1-28-20-12-17(9-10-19(20)29-15-16-6-3-2-4-7-16)13-23-21(25)18-8-5-11-24(14-18)22(26)27/h2-4,6-7,9-10,12,18H,5,8,11,13-15H2,1H3,(H,23,25)(H,26,27)/t18-/m0/s1. The summed E-state index contributed by atoms with van der Waals surface area (Å²) in [6, 6.07) is 15.4. The van der Waals surface area contributed by atoms with Crippen LogP contribution in [0.2, 0.25) is 0 Å². The second kappa shape index (κ2) is 9.82. The molecule has 1 aliphatic heterocycles. The van der Waals surface area contributed by atoms with Gasteiger partial charge in [-0.2, -0.15) is 0 Å². The lowest BCUT2D eigenvalue weighted by atomic mass is 9.97. The van der Waals surface area contributed by atoms with Crippen LogP contribution in [0.15, 0.2) is 48.5 Å². The van der Waals surface area contributed by atoms with E-state index in [1.54, 1.807) is 7.11 Å². The molecule has 7 nitrogen and oxygen atoms in total. The number of carboxylic acid groups (broad SMARTS) is 1. The van der Waals surface area contributed by atoms with Crippen molar-refractivity contribution in [3.05, 3.63) is 59.7 Å². The molecule has 1 fully saturated rings. The highest BCUT2D eigenvalue weighted by Gasteiger charge is 2.28. The Labute approximate surface area is 170 Å². The van der Waals surface area contributed by atoms with Crippen LogP contribution in [-0.2, 0) is 17.9 Å². The average molecular weight is 398 g/mol. The van der Waals surface area contributed by atoms with Gasteiger partial charge in [-0.1, -0.05) is 36.4 Å². The second-order valence-corrected chi connectivity index (χ2v) is 7.05. The number of hydrogen-bond acceptors (Lipinski definition) is 4. The maximum atomic E-state index is 12.4. The summed E-state index contributed by atoms with van der Waals surface area (Å²) in [4.78, 5) is 24.9. The lowest BCUT2D eigenvalue weighted by Crippen LogP contribution is -2.44. The third-order valence-corrected chi connectivity index (χ3v) is 4.99. The molecule has 1 saturated heterocycles. The largest absolute Gasteiger partial charge is 0.493 e. The third-order valence-electron chi connectivity index (χ3n) is 4.99. The van der Waals surface area contributed by atoms with Gasteiger partial charge in [0, 0.05) is 19.6 Å². The maximum Gasteiger partial charge on any atom is 0.407 e. The fourth-order valence-corrected chi connectivity index (χ4v) is 3.37. The number of likely N-dealkylation sites (tertiary alicyclic amines) is 1. The summed E-state index contributed by atoms with van der Waals surface area (Å²) in [6.07, 6.45) is 0.426. The number of piperidine rings is 1. The molecule has 3 rings (SSSR count). The van der Waals surface area contributed by atoms with E-state index in [1.165, 1.54) is 4.90 Å². The van der Waals surface area contributed by atoms with Crippen LogP contribution >= 0.6 is 0 Å². The van der Waals surface area contributed by atoms with Gasteiger partial charge in [0.05, 0.1) is 13.0 Å². The van der Waals surface area contributed by atoms with Gasteiger partial charge in [0.25, 0.3) is 0 Å². The zero-order valence-corrected chi connectivity index (χ0v) is 16.5. The Morgan fingerprint density at radius 3 is 2.66 bits per heavy atom. The van der Waals surface area contributed by atoms with Crippen molar-refractivity contribution in [1.29, 1.82) is 0 Å². The van der Waals surface area contributed by atoms with Crippen molar-refractivity contribution in [2.24, 2.45) is 5.92 Å². The first-order valence-corrected chi connectivity index (χ1v) is 9.66. The third kappa shape index (κ3) is 5.63. The van der Waals surface area contributed by atoms with Crippen LogP contribution < -0.4 is 14.8 Å². The Kier molecular flexibility index (Phi) is 6.94. The number of ether oxygens (including phenoxy) is 2. The number of nitrogens with one attached hydrogen (secondary N) is 1. The molecule has 154 valence electrons. The first-order chi connectivity index (χ1) is 14.1. The molecule has 0 unspecified atom stereocenters. The van der Waals surface area contributed by atoms with E-state index in [1.807, 2.05) is 48.5 Å². The van der Waals surface area contributed by atoms with Gasteiger partial charge in [0.1, 0.15) is 6.61 Å². The first kappa shape index (κ1) is 20.5. The summed E-state index contributed by atoms with van der Waals surface area (Å²) in [7, 11) is 1.58. The lowest BCUT2D eigenvalue weighted by Gasteiger charge is -2.29. The summed E-state index contributed by atoms with van der Waals surface area (Å²) in [5, 5.41) is 12.0. The predicted molar refractivity (Wildman–Crippen MR) is 108 cm³/mol. The molecular formula is C22H26N2O5. The van der Waals surface area contributed by atoms with E-state index in [0.29, 0.717) is 44.0 Å². The van der Waals surface area contributed by atoms with Crippen molar-refractivity contribution in [3.63, 3.8) is 0 Å². The quantitative estimate of drug-likeness (QED) is 0.747. The van der Waals surface area contributed by atoms with E-state index in [4.69, 9.17) is 14.6 Å². The van der Waals surface area contributed by atoms with Crippen LogP contribution in [0.3, 0.4) is 0 Å². The monoisotopic (exact) mass is 398 g/mol. The van der Waals surface area contributed by atoms with E-state index in [0.717, 1.165) is 11.1 Å². The molecule has 0 spiro atoms. The Morgan fingerprint density at radius 1 is 1.14 bits per heavy atom. The van der Waals surface area contributed by atoms with Crippen molar-refractivity contribution in [1.82, 2.24) is 10.2 Å². The number of rotatable bonds is 7. The van der Waals surface area contributed by atoms with Crippen molar-refractivity contribution in [3.8, 4) is 11.5 Å². The highest BCUT2D eigenvalue weighted by Crippen LogP contribution is 2.29. The first-order valence-electron chi connectivity index (χ1n) is 9.66. The van der Waals surface area contributed by atoms with Crippen LogP contribution in [0.1, 0.15) is 24.0 Å². The smallest absolute Gasteiger partial charge is 0.407 e. The van der Waals surface area contributed by atoms with Gasteiger partial charge in [0.2, 0.25) is 5.91 Å². The fraction of sp³-hybridized carbons (Fsp3) is 0.364. The Balaban J connectivity index is 1.55. The zero-order valence-electron chi connectivity index (χ0n) is 16.5. The lowest BCUT2D eigenvalue weighted by molar-refractivity contribution is -0.126. The van der Waals surface area contributed by atoms with E-state index < -0.39 is 6.09 Å². The van der Waals surface area contributed by atoms with Gasteiger partial charge in [0.15, 0.2) is 11.5 Å². The number of benzene rings is 2. The number of nitrogens with zero attached hydrogens (tertiary/aromatic N) is 1. The van der Waals surface area contributed by atoms with Crippen LogP contribution in [0, 0.1) is 5.92 Å². The minimum atomic E-state index is -0.974. The van der Waals surface area contributed by atoms with Crippen molar-refractivity contribution in [2.75, 3.05) is 20.2 Å². The van der Waals surface area contributed by atoms with Gasteiger partial charge in [-0.05, 0) is 36.1 Å². The summed E-state index contributed by atoms with van der Waals surface area (Å²) in [5.74, 6) is 0.799. The molecule has 2 amide bonds. The van der Waals surface area contributed by atoms with Crippen molar-refractivity contribution < 1.29 is 24.2 Å². The molecule has 29 heavy (non-hydrogen) atoms. The molecule has 1 atom stereocenters. The van der Waals surface area contributed by atoms with Crippen LogP contribution in [0.4, 0.5) is 4.79 Å². The van der Waals surface area contributed by atoms with Crippen LogP contribution in [0.25, 0.3) is 0 Å². The molecule has 0 aliphatic carbocycles. The molecule has 0 radical (unpaired) electrons. The molecular weight excluding hydrogens is 372 g/mol. The molecule has 2 aromatic carbocycles. The zero-order chi connectivity index (χ0) is 20.6. The summed E-state index contributed by atoms with van der Waals surface area (Å²) < 4.78 is 11.3. The second-order valence-electron chi connectivity index (χ2n) is 7.05. The molecule has 2 aromatic rings. The van der Waals surface area contributed by atoms with Crippen LogP contribution in [0.5, 0.6) is 11.5 Å². The number of carbonyl (C=O) groups is 2. The summed E-state index contributed by atoms with van der Waals surface area (Å²) in [5.41, 5.74) is 1.95. The Hall–Kier alpha value is -3.22. The van der Waals surface area contributed by atoms with Gasteiger partial charge < -0.3 is 24.8 Å². The van der Waals surface area contributed by atoms with Crippen LogP contribution in [-0.4, -0.2) is 42.2 Å². The van der Waals surface area contributed by atoms with Crippen molar-refractivity contribution in [2.45, 2.75) is 26.0 Å². The van der Waals surface area contributed by atoms with E-state index in [9.17, 15) is 9.59 Å². The number of methoxy groups -OCH3 is 1.